The van der Waals surface area contributed by atoms with Gasteiger partial charge in [0.15, 0.2) is 0 Å². The first-order valence-electron chi connectivity index (χ1n) is 6.67. The maximum Gasteiger partial charge on any atom is 0.264 e. The van der Waals surface area contributed by atoms with Gasteiger partial charge in [0.05, 0.1) is 10.9 Å². The molecule has 1 unspecified atom stereocenters. The van der Waals surface area contributed by atoms with Crippen LogP contribution in [0.15, 0.2) is 41.8 Å². The molecule has 1 fully saturated rings. The van der Waals surface area contributed by atoms with E-state index in [0.717, 1.165) is 24.3 Å². The smallest absolute Gasteiger partial charge is 0.264 e. The zero-order valence-corrected chi connectivity index (χ0v) is 11.8. The van der Waals surface area contributed by atoms with Crippen LogP contribution in [0.5, 0.6) is 0 Å². The third kappa shape index (κ3) is 2.30. The number of likely N-dealkylation sites (tertiary alicyclic amines) is 1. The van der Waals surface area contributed by atoms with Crippen LogP contribution in [-0.4, -0.2) is 17.4 Å². The standard InChI is InChI=1S/C16H17NOS/c1-12-6-2-3-7-13(12)14-8-4-10-17(14)16(18)15-9-5-11-19-15/h2-3,5-7,9,11,14H,4,8,10H2,1H3. The monoisotopic (exact) mass is 271 g/mol. The Hall–Kier alpha value is -1.61. The number of carbonyl (C=O) groups excluding carboxylic acids is 1. The van der Waals surface area contributed by atoms with E-state index in [0.29, 0.717) is 0 Å². The van der Waals surface area contributed by atoms with Crippen molar-refractivity contribution in [1.29, 1.82) is 0 Å². The highest BCUT2D eigenvalue weighted by molar-refractivity contribution is 7.12. The Balaban J connectivity index is 1.90. The van der Waals surface area contributed by atoms with E-state index in [-0.39, 0.29) is 11.9 Å². The van der Waals surface area contributed by atoms with Crippen LogP contribution in [0.3, 0.4) is 0 Å². The average Bonchev–Trinajstić information content (AvgIpc) is 3.10. The number of carbonyl (C=O) groups is 1. The van der Waals surface area contributed by atoms with Gasteiger partial charge in [-0.15, -0.1) is 11.3 Å². The number of rotatable bonds is 2. The molecular weight excluding hydrogens is 254 g/mol. The van der Waals surface area contributed by atoms with E-state index in [1.165, 1.54) is 22.5 Å². The number of thiophene rings is 1. The summed E-state index contributed by atoms with van der Waals surface area (Å²) in [5.74, 6) is 0.181. The molecule has 19 heavy (non-hydrogen) atoms. The number of aryl methyl sites for hydroxylation is 1. The molecule has 1 aliphatic rings. The molecule has 98 valence electrons. The molecule has 1 aromatic heterocycles. The Morgan fingerprint density at radius 3 is 2.84 bits per heavy atom. The second-order valence-electron chi connectivity index (χ2n) is 4.99. The van der Waals surface area contributed by atoms with Crippen LogP contribution in [0.25, 0.3) is 0 Å². The van der Waals surface area contributed by atoms with Crippen molar-refractivity contribution in [3.8, 4) is 0 Å². The van der Waals surface area contributed by atoms with E-state index < -0.39 is 0 Å². The van der Waals surface area contributed by atoms with Gasteiger partial charge in [-0.1, -0.05) is 30.3 Å². The van der Waals surface area contributed by atoms with E-state index in [1.807, 2.05) is 22.4 Å². The van der Waals surface area contributed by atoms with Crippen molar-refractivity contribution in [2.24, 2.45) is 0 Å². The minimum atomic E-state index is 0.181. The van der Waals surface area contributed by atoms with Gasteiger partial charge in [-0.2, -0.15) is 0 Å². The van der Waals surface area contributed by atoms with Crippen LogP contribution < -0.4 is 0 Å². The first kappa shape index (κ1) is 12.4. The molecule has 1 aliphatic heterocycles. The lowest BCUT2D eigenvalue weighted by Gasteiger charge is -2.25. The predicted octanol–water partition coefficient (Wildman–Crippen LogP) is 4.03. The van der Waals surface area contributed by atoms with Crippen molar-refractivity contribution in [3.63, 3.8) is 0 Å². The second-order valence-corrected chi connectivity index (χ2v) is 5.94. The molecule has 0 bridgehead atoms. The van der Waals surface area contributed by atoms with Crippen molar-refractivity contribution in [1.82, 2.24) is 4.90 Å². The quantitative estimate of drug-likeness (QED) is 0.807. The molecular formula is C16H17NOS. The van der Waals surface area contributed by atoms with E-state index >= 15 is 0 Å². The van der Waals surface area contributed by atoms with Crippen molar-refractivity contribution in [2.45, 2.75) is 25.8 Å². The summed E-state index contributed by atoms with van der Waals surface area (Å²) < 4.78 is 0. The van der Waals surface area contributed by atoms with E-state index in [1.54, 1.807) is 0 Å². The summed E-state index contributed by atoms with van der Waals surface area (Å²) >= 11 is 1.53. The largest absolute Gasteiger partial charge is 0.331 e. The molecule has 2 heterocycles. The molecule has 3 heteroatoms. The molecule has 0 aliphatic carbocycles. The summed E-state index contributed by atoms with van der Waals surface area (Å²) in [5.41, 5.74) is 2.57. The molecule has 0 saturated carbocycles. The maximum atomic E-state index is 12.5. The lowest BCUT2D eigenvalue weighted by Crippen LogP contribution is -2.30. The molecule has 3 rings (SSSR count). The first-order chi connectivity index (χ1) is 9.27. The zero-order chi connectivity index (χ0) is 13.2. The normalized spacial score (nSPS) is 18.8. The van der Waals surface area contributed by atoms with Crippen molar-refractivity contribution >= 4 is 17.2 Å². The molecule has 1 saturated heterocycles. The summed E-state index contributed by atoms with van der Waals surface area (Å²) in [4.78, 5) is 15.4. The highest BCUT2D eigenvalue weighted by Crippen LogP contribution is 2.35. The third-order valence-corrected chi connectivity index (χ3v) is 4.65. The fourth-order valence-electron chi connectivity index (χ4n) is 2.84. The van der Waals surface area contributed by atoms with Crippen LogP contribution in [0.2, 0.25) is 0 Å². The van der Waals surface area contributed by atoms with Crippen molar-refractivity contribution in [2.75, 3.05) is 6.54 Å². The Labute approximate surface area is 117 Å². The Morgan fingerprint density at radius 2 is 2.11 bits per heavy atom. The van der Waals surface area contributed by atoms with Crippen LogP contribution in [0, 0.1) is 6.92 Å². The van der Waals surface area contributed by atoms with E-state index in [4.69, 9.17) is 0 Å². The van der Waals surface area contributed by atoms with Gasteiger partial charge < -0.3 is 4.90 Å². The first-order valence-corrected chi connectivity index (χ1v) is 7.55. The van der Waals surface area contributed by atoms with Gasteiger partial charge in [0.1, 0.15) is 0 Å². The summed E-state index contributed by atoms with van der Waals surface area (Å²) in [6.45, 7) is 3.00. The second kappa shape index (κ2) is 5.17. The predicted molar refractivity (Wildman–Crippen MR) is 78.5 cm³/mol. The fourth-order valence-corrected chi connectivity index (χ4v) is 3.51. The molecule has 1 atom stereocenters. The Bertz CT molecular complexity index is 576. The van der Waals surface area contributed by atoms with Gasteiger partial charge in [0.25, 0.3) is 5.91 Å². The van der Waals surface area contributed by atoms with Gasteiger partial charge in [-0.3, -0.25) is 4.79 Å². The van der Waals surface area contributed by atoms with Crippen molar-refractivity contribution < 1.29 is 4.79 Å². The molecule has 0 spiro atoms. The molecule has 0 radical (unpaired) electrons. The number of benzene rings is 1. The maximum absolute atomic E-state index is 12.5. The molecule has 0 N–H and O–H groups in total. The molecule has 1 amide bonds. The number of amides is 1. The number of hydrogen-bond acceptors (Lipinski definition) is 2. The number of hydrogen-bond donors (Lipinski definition) is 0. The van der Waals surface area contributed by atoms with Gasteiger partial charge in [-0.05, 0) is 42.3 Å². The Morgan fingerprint density at radius 1 is 1.26 bits per heavy atom. The molecule has 2 aromatic rings. The highest BCUT2D eigenvalue weighted by atomic mass is 32.1. The van der Waals surface area contributed by atoms with Gasteiger partial charge in [-0.25, -0.2) is 0 Å². The summed E-state index contributed by atoms with van der Waals surface area (Å²) in [7, 11) is 0. The number of nitrogens with zero attached hydrogens (tertiary/aromatic N) is 1. The lowest BCUT2D eigenvalue weighted by atomic mass is 9.99. The van der Waals surface area contributed by atoms with Crippen LogP contribution in [0.4, 0.5) is 0 Å². The average molecular weight is 271 g/mol. The van der Waals surface area contributed by atoms with Gasteiger partial charge in [0, 0.05) is 6.54 Å². The van der Waals surface area contributed by atoms with E-state index in [9.17, 15) is 4.79 Å². The van der Waals surface area contributed by atoms with Crippen molar-refractivity contribution in [3.05, 3.63) is 57.8 Å². The molecule has 2 nitrogen and oxygen atoms in total. The topological polar surface area (TPSA) is 20.3 Å². The van der Waals surface area contributed by atoms with E-state index in [2.05, 4.69) is 31.2 Å². The molecule has 1 aromatic carbocycles. The lowest BCUT2D eigenvalue weighted by molar-refractivity contribution is 0.0740. The summed E-state index contributed by atoms with van der Waals surface area (Å²) in [5, 5.41) is 1.96. The van der Waals surface area contributed by atoms with Gasteiger partial charge in [0.2, 0.25) is 0 Å². The summed E-state index contributed by atoms with van der Waals surface area (Å²) in [6, 6.07) is 12.5. The zero-order valence-electron chi connectivity index (χ0n) is 11.0. The third-order valence-electron chi connectivity index (χ3n) is 3.79. The SMILES string of the molecule is Cc1ccccc1C1CCCN1C(=O)c1cccs1. The minimum absolute atomic E-state index is 0.181. The van der Waals surface area contributed by atoms with Gasteiger partial charge >= 0.3 is 0 Å². The van der Waals surface area contributed by atoms with Crippen LogP contribution in [0.1, 0.15) is 39.7 Å². The Kier molecular flexibility index (Phi) is 3.38. The summed E-state index contributed by atoms with van der Waals surface area (Å²) in [6.07, 6.45) is 2.16. The highest BCUT2D eigenvalue weighted by Gasteiger charge is 2.31. The minimum Gasteiger partial charge on any atom is -0.331 e. The van der Waals surface area contributed by atoms with Crippen LogP contribution in [-0.2, 0) is 0 Å². The van der Waals surface area contributed by atoms with Crippen LogP contribution >= 0.6 is 11.3 Å². The fraction of sp³-hybridized carbons (Fsp3) is 0.312.